The maximum atomic E-state index is 6.00. The van der Waals surface area contributed by atoms with Crippen LogP contribution in [0.15, 0.2) is 26.9 Å². The van der Waals surface area contributed by atoms with E-state index in [1.54, 1.807) is 11.3 Å². The number of fused-ring (bicyclic) bond motifs is 1. The summed E-state index contributed by atoms with van der Waals surface area (Å²) < 4.78 is 3.10. The molecule has 0 aliphatic rings. The molecule has 12 heavy (non-hydrogen) atoms. The monoisotopic (exact) mass is 278 g/mol. The van der Waals surface area contributed by atoms with E-state index in [9.17, 15) is 0 Å². The van der Waals surface area contributed by atoms with E-state index in [-0.39, 0.29) is 0 Å². The third-order valence-electron chi connectivity index (χ3n) is 1.59. The molecule has 62 valence electrons. The van der Waals surface area contributed by atoms with Gasteiger partial charge in [0.1, 0.15) is 0 Å². The van der Waals surface area contributed by atoms with E-state index in [2.05, 4.69) is 28.6 Å². The number of hydrogen-bond acceptors (Lipinski definition) is 2. The molecule has 0 nitrogen and oxygen atoms in total. The average Bonchev–Trinajstić information content (AvgIpc) is 2.32. The fourth-order valence-corrected chi connectivity index (χ4v) is 3.27. The van der Waals surface area contributed by atoms with Crippen LogP contribution in [0.25, 0.3) is 10.1 Å². The van der Waals surface area contributed by atoms with E-state index in [0.717, 1.165) is 23.8 Å². The largest absolute Gasteiger partial charge is 0.132 e. The lowest BCUT2D eigenvalue weighted by Gasteiger charge is -1.91. The van der Waals surface area contributed by atoms with Gasteiger partial charge in [-0.3, -0.25) is 0 Å². The minimum Gasteiger partial charge on any atom is -0.132 e. The fourth-order valence-electron chi connectivity index (χ4n) is 1.04. The lowest BCUT2D eigenvalue weighted by atomic mass is 10.3. The van der Waals surface area contributed by atoms with Crippen LogP contribution in [0.4, 0.5) is 0 Å². The van der Waals surface area contributed by atoms with E-state index >= 15 is 0 Å². The van der Waals surface area contributed by atoms with Gasteiger partial charge in [0.05, 0.1) is 13.9 Å². The van der Waals surface area contributed by atoms with Gasteiger partial charge in [0.15, 0.2) is 0 Å². The van der Waals surface area contributed by atoms with Crippen molar-refractivity contribution in [2.75, 3.05) is 0 Å². The summed E-state index contributed by atoms with van der Waals surface area (Å²) in [4.78, 5) is 0. The van der Waals surface area contributed by atoms with Crippen LogP contribution in [0.3, 0.4) is 0 Å². The molecule has 4 heteroatoms. The summed E-state index contributed by atoms with van der Waals surface area (Å²) in [5.74, 6) is 0. The second kappa shape index (κ2) is 3.22. The van der Waals surface area contributed by atoms with E-state index in [1.807, 2.05) is 18.2 Å². The van der Waals surface area contributed by atoms with Crippen molar-refractivity contribution in [2.45, 2.75) is 4.21 Å². The minimum absolute atomic E-state index is 0.790. The average molecular weight is 280 g/mol. The topological polar surface area (TPSA) is 0 Å². The first kappa shape index (κ1) is 8.88. The molecular formula is C8H4BrClS2. The standard InChI is InChI=1S/C8H4BrClS2/c9-6-4-2-1-3-5(10)7(4)12-8(6)11/h1-3,11H. The van der Waals surface area contributed by atoms with Gasteiger partial charge in [-0.15, -0.1) is 24.0 Å². The molecule has 1 heterocycles. The third kappa shape index (κ3) is 1.29. The number of thiophene rings is 1. The number of rotatable bonds is 0. The highest BCUT2D eigenvalue weighted by molar-refractivity contribution is 9.10. The second-order valence-electron chi connectivity index (χ2n) is 2.34. The quantitative estimate of drug-likeness (QED) is 0.669. The normalized spacial score (nSPS) is 10.9. The highest BCUT2D eigenvalue weighted by Gasteiger charge is 2.08. The van der Waals surface area contributed by atoms with E-state index in [4.69, 9.17) is 11.6 Å². The SMILES string of the molecule is Sc1sc2c(Cl)cccc2c1Br. The van der Waals surface area contributed by atoms with Crippen molar-refractivity contribution in [1.82, 2.24) is 0 Å². The molecule has 1 aromatic heterocycles. The van der Waals surface area contributed by atoms with Gasteiger partial charge in [0.2, 0.25) is 0 Å². The Balaban J connectivity index is 2.95. The van der Waals surface area contributed by atoms with Crippen molar-refractivity contribution in [3.05, 3.63) is 27.7 Å². The molecule has 0 amide bonds. The smallest absolute Gasteiger partial charge is 0.0723 e. The van der Waals surface area contributed by atoms with Crippen molar-refractivity contribution < 1.29 is 0 Å². The van der Waals surface area contributed by atoms with Crippen LogP contribution < -0.4 is 0 Å². The van der Waals surface area contributed by atoms with Crippen molar-refractivity contribution in [3.63, 3.8) is 0 Å². The zero-order chi connectivity index (χ0) is 8.72. The second-order valence-corrected chi connectivity index (χ2v) is 5.31. The Bertz CT molecular complexity index is 436. The number of benzene rings is 1. The van der Waals surface area contributed by atoms with Crippen LogP contribution in [0.1, 0.15) is 0 Å². The Morgan fingerprint density at radius 3 is 2.83 bits per heavy atom. The molecule has 0 bridgehead atoms. The Morgan fingerprint density at radius 2 is 2.17 bits per heavy atom. The first-order valence-corrected chi connectivity index (χ1v) is 5.69. The third-order valence-corrected chi connectivity index (χ3v) is 4.95. The molecule has 2 rings (SSSR count). The Labute approximate surface area is 93.1 Å². The molecule has 0 saturated carbocycles. The van der Waals surface area contributed by atoms with Gasteiger partial charge in [-0.05, 0) is 22.0 Å². The van der Waals surface area contributed by atoms with Gasteiger partial charge in [0, 0.05) is 9.86 Å². The van der Waals surface area contributed by atoms with Crippen LogP contribution in [0, 0.1) is 0 Å². The van der Waals surface area contributed by atoms with E-state index in [0.29, 0.717) is 0 Å². The van der Waals surface area contributed by atoms with Gasteiger partial charge >= 0.3 is 0 Å². The summed E-state index contributed by atoms with van der Waals surface area (Å²) in [6.45, 7) is 0. The van der Waals surface area contributed by atoms with Crippen LogP contribution in [-0.4, -0.2) is 0 Å². The minimum atomic E-state index is 0.790. The summed E-state index contributed by atoms with van der Waals surface area (Å²) in [5, 5.41) is 1.93. The summed E-state index contributed by atoms with van der Waals surface area (Å²) >= 11 is 15.4. The van der Waals surface area contributed by atoms with Crippen molar-refractivity contribution in [1.29, 1.82) is 0 Å². The molecule has 0 unspecified atom stereocenters. The highest BCUT2D eigenvalue weighted by atomic mass is 79.9. The predicted molar refractivity (Wildman–Crippen MR) is 61.8 cm³/mol. The van der Waals surface area contributed by atoms with Gasteiger partial charge in [-0.2, -0.15) is 0 Å². The van der Waals surface area contributed by atoms with Gasteiger partial charge in [-0.1, -0.05) is 23.7 Å². The first-order chi connectivity index (χ1) is 5.70. The zero-order valence-corrected chi connectivity index (χ0v) is 9.90. The van der Waals surface area contributed by atoms with Crippen molar-refractivity contribution >= 4 is 61.6 Å². The Kier molecular flexibility index (Phi) is 2.38. The molecule has 1 aromatic carbocycles. The maximum absolute atomic E-state index is 6.00. The van der Waals surface area contributed by atoms with Crippen LogP contribution in [0.5, 0.6) is 0 Å². The zero-order valence-electron chi connectivity index (χ0n) is 5.84. The van der Waals surface area contributed by atoms with Crippen molar-refractivity contribution in [3.8, 4) is 0 Å². The number of hydrogen-bond donors (Lipinski definition) is 1. The molecule has 0 radical (unpaired) electrons. The highest BCUT2D eigenvalue weighted by Crippen LogP contribution is 2.40. The van der Waals surface area contributed by atoms with Gasteiger partial charge in [0.25, 0.3) is 0 Å². The molecule has 0 N–H and O–H groups in total. The molecule has 2 aromatic rings. The molecule has 0 aliphatic carbocycles. The number of halogens is 2. The lowest BCUT2D eigenvalue weighted by molar-refractivity contribution is 1.69. The van der Waals surface area contributed by atoms with Crippen LogP contribution >= 0.6 is 51.5 Å². The molecule has 0 saturated heterocycles. The summed E-state index contributed by atoms with van der Waals surface area (Å²) in [7, 11) is 0. The van der Waals surface area contributed by atoms with E-state index < -0.39 is 0 Å². The first-order valence-electron chi connectivity index (χ1n) is 3.25. The Morgan fingerprint density at radius 1 is 1.42 bits per heavy atom. The molecule has 0 atom stereocenters. The lowest BCUT2D eigenvalue weighted by Crippen LogP contribution is -1.64. The van der Waals surface area contributed by atoms with Gasteiger partial charge in [-0.25, -0.2) is 0 Å². The van der Waals surface area contributed by atoms with Crippen molar-refractivity contribution in [2.24, 2.45) is 0 Å². The molecule has 0 aliphatic heterocycles. The number of thiol groups is 1. The van der Waals surface area contributed by atoms with Crippen LogP contribution in [-0.2, 0) is 0 Å². The van der Waals surface area contributed by atoms with Crippen LogP contribution in [0.2, 0.25) is 5.02 Å². The van der Waals surface area contributed by atoms with Gasteiger partial charge < -0.3 is 0 Å². The summed E-state index contributed by atoms with van der Waals surface area (Å²) in [5.41, 5.74) is 0. The predicted octanol–water partition coefficient (Wildman–Crippen LogP) is 4.61. The molecule has 0 fully saturated rings. The fraction of sp³-hybridized carbons (Fsp3) is 0. The molecule has 0 spiro atoms. The summed E-state index contributed by atoms with van der Waals surface area (Å²) in [6, 6.07) is 5.86. The molecular weight excluding hydrogens is 276 g/mol. The maximum Gasteiger partial charge on any atom is 0.0723 e. The Hall–Kier alpha value is 0.300. The van der Waals surface area contributed by atoms with E-state index in [1.165, 1.54) is 0 Å². The summed E-state index contributed by atoms with van der Waals surface area (Å²) in [6.07, 6.45) is 0.